The molecule has 238 valence electrons. The molecule has 2 fully saturated rings. The van der Waals surface area contributed by atoms with Crippen LogP contribution in [0.1, 0.15) is 21.5 Å². The minimum absolute atomic E-state index is 0.168. The molecule has 2 aliphatic rings. The number of anilines is 2. The predicted octanol–water partition coefficient (Wildman–Crippen LogP) is 3.23. The van der Waals surface area contributed by atoms with E-state index in [0.717, 1.165) is 11.3 Å². The third kappa shape index (κ3) is 8.35. The minimum Gasteiger partial charge on any atom is -0.488 e. The predicted molar refractivity (Wildman–Crippen MR) is 175 cm³/mol. The fourth-order valence-electron chi connectivity index (χ4n) is 4.84. The van der Waals surface area contributed by atoms with Gasteiger partial charge in [-0.15, -0.1) is 0 Å². The summed E-state index contributed by atoms with van der Waals surface area (Å²) in [7, 11) is -2.37. The van der Waals surface area contributed by atoms with E-state index >= 15 is 0 Å². The van der Waals surface area contributed by atoms with Crippen LogP contribution < -0.4 is 20.4 Å². The number of rotatable bonds is 10. The van der Waals surface area contributed by atoms with Crippen molar-refractivity contribution in [2.24, 2.45) is 5.10 Å². The number of benzene rings is 3. The van der Waals surface area contributed by atoms with Gasteiger partial charge in [0.1, 0.15) is 12.4 Å². The number of sulfonamides is 1. The fourth-order valence-corrected chi connectivity index (χ4v) is 6.43. The fraction of sp³-hybridized carbons (Fsp3) is 0.323. The average Bonchev–Trinajstić information content (AvgIpc) is 3.08. The normalized spacial score (nSPS) is 15.9. The second-order valence-electron chi connectivity index (χ2n) is 10.1. The maximum Gasteiger partial charge on any atom is 0.337 e. The van der Waals surface area contributed by atoms with Crippen LogP contribution >= 0.6 is 12.2 Å². The molecule has 0 unspecified atom stereocenters. The zero-order valence-electron chi connectivity index (χ0n) is 24.8. The number of hydrogen-bond donors (Lipinski definition) is 2. The number of methoxy groups -OCH3 is 1. The Balaban J connectivity index is 1.26. The van der Waals surface area contributed by atoms with Gasteiger partial charge in [0.05, 0.1) is 61.6 Å². The third-order valence-corrected chi connectivity index (χ3v) is 9.32. The summed E-state index contributed by atoms with van der Waals surface area (Å²) in [4.78, 5) is 14.0. The molecular formula is C31H35N5O7S2. The summed E-state index contributed by atoms with van der Waals surface area (Å²) in [5.74, 6) is 0.210. The lowest BCUT2D eigenvalue weighted by atomic mass is 10.1. The van der Waals surface area contributed by atoms with E-state index in [1.54, 1.807) is 48.7 Å². The molecule has 45 heavy (non-hydrogen) atoms. The molecule has 14 heteroatoms. The number of carbonyl (C=O) groups excluding carboxylic acids is 1. The molecule has 0 radical (unpaired) electrons. The largest absolute Gasteiger partial charge is 0.488 e. The van der Waals surface area contributed by atoms with E-state index in [0.29, 0.717) is 75.2 Å². The summed E-state index contributed by atoms with van der Waals surface area (Å²) in [6.07, 6.45) is 1.59. The van der Waals surface area contributed by atoms with Crippen molar-refractivity contribution in [2.45, 2.75) is 11.5 Å². The molecule has 0 spiro atoms. The van der Waals surface area contributed by atoms with Gasteiger partial charge in [-0.2, -0.15) is 9.41 Å². The van der Waals surface area contributed by atoms with Crippen LogP contribution in [0.5, 0.6) is 5.75 Å². The van der Waals surface area contributed by atoms with Crippen LogP contribution in [0.25, 0.3) is 0 Å². The van der Waals surface area contributed by atoms with E-state index in [4.69, 9.17) is 31.2 Å². The summed E-state index contributed by atoms with van der Waals surface area (Å²) in [6.45, 7) is 4.08. The van der Waals surface area contributed by atoms with Crippen LogP contribution in [0.4, 0.5) is 11.4 Å². The molecule has 0 amide bonds. The number of ether oxygens (including phenoxy) is 4. The SMILES string of the molecule is COC(=O)c1ccc(COc2ccccc2C=NNC(=S)Nc2cc(S(=O)(=O)N3CCOCC3)ccc2N2CCOCC2)cc1. The second-order valence-corrected chi connectivity index (χ2v) is 12.5. The number of morpholine rings is 2. The highest BCUT2D eigenvalue weighted by Gasteiger charge is 2.28. The Kier molecular flexibility index (Phi) is 11.0. The van der Waals surface area contributed by atoms with Crippen molar-refractivity contribution < 1.29 is 32.2 Å². The van der Waals surface area contributed by atoms with E-state index in [1.807, 2.05) is 24.3 Å². The lowest BCUT2D eigenvalue weighted by Gasteiger charge is -2.31. The lowest BCUT2D eigenvalue weighted by molar-refractivity contribution is 0.0600. The number of nitrogens with one attached hydrogen (secondary N) is 2. The van der Waals surface area contributed by atoms with Crippen LogP contribution in [0, 0.1) is 0 Å². The smallest absolute Gasteiger partial charge is 0.337 e. The first-order chi connectivity index (χ1) is 21.8. The number of hydrazone groups is 1. The number of esters is 1. The Bertz CT molecular complexity index is 1620. The molecule has 0 aliphatic carbocycles. The molecule has 0 bridgehead atoms. The van der Waals surface area contributed by atoms with Crippen LogP contribution in [0.2, 0.25) is 0 Å². The van der Waals surface area contributed by atoms with E-state index in [-0.39, 0.29) is 16.6 Å². The molecule has 3 aromatic carbocycles. The maximum atomic E-state index is 13.4. The molecule has 2 saturated heterocycles. The Morgan fingerprint density at radius 2 is 1.67 bits per heavy atom. The molecule has 0 aromatic heterocycles. The van der Waals surface area contributed by atoms with Crippen LogP contribution in [-0.2, 0) is 30.8 Å². The Hall–Kier alpha value is -4.08. The maximum absolute atomic E-state index is 13.4. The van der Waals surface area contributed by atoms with Gasteiger partial charge in [0.2, 0.25) is 10.0 Å². The number of nitrogens with zero attached hydrogens (tertiary/aromatic N) is 3. The summed E-state index contributed by atoms with van der Waals surface area (Å²) in [5, 5.41) is 7.62. The first kappa shape index (κ1) is 32.3. The highest BCUT2D eigenvalue weighted by Crippen LogP contribution is 2.31. The zero-order chi connectivity index (χ0) is 31.6. The van der Waals surface area contributed by atoms with Gasteiger partial charge in [-0.05, 0) is 60.2 Å². The van der Waals surface area contributed by atoms with Gasteiger partial charge < -0.3 is 29.2 Å². The molecule has 2 aliphatic heterocycles. The first-order valence-electron chi connectivity index (χ1n) is 14.4. The number of para-hydroxylation sites is 1. The van der Waals surface area contributed by atoms with E-state index < -0.39 is 16.0 Å². The Labute approximate surface area is 267 Å². The highest BCUT2D eigenvalue weighted by atomic mass is 32.2. The van der Waals surface area contributed by atoms with Crippen molar-refractivity contribution in [1.82, 2.24) is 9.73 Å². The van der Waals surface area contributed by atoms with Crippen molar-refractivity contribution in [1.29, 1.82) is 0 Å². The topological polar surface area (TPSA) is 131 Å². The number of thiocarbonyl (C=S) groups is 1. The third-order valence-electron chi connectivity index (χ3n) is 7.23. The van der Waals surface area contributed by atoms with Gasteiger partial charge in [-0.25, -0.2) is 13.2 Å². The van der Waals surface area contributed by atoms with Gasteiger partial charge in [0, 0.05) is 31.7 Å². The van der Waals surface area contributed by atoms with Gasteiger partial charge >= 0.3 is 5.97 Å². The van der Waals surface area contributed by atoms with Crippen molar-refractivity contribution in [3.05, 3.63) is 83.4 Å². The molecule has 0 atom stereocenters. The standard InChI is InChI=1S/C31H35N5O7S2/c1-40-30(37)24-8-6-23(7-9-24)22-43-29-5-3-2-4-25(29)21-32-34-31(44)33-27-20-26(45(38,39)36-14-18-42-19-15-36)10-11-28(27)35-12-16-41-17-13-35/h2-11,20-21H,12-19,22H2,1H3,(H2,33,34,44). The summed E-state index contributed by atoms with van der Waals surface area (Å²) >= 11 is 5.54. The van der Waals surface area contributed by atoms with Gasteiger partial charge in [-0.1, -0.05) is 24.3 Å². The molecule has 2 heterocycles. The number of hydrogen-bond acceptors (Lipinski definition) is 10. The molecule has 3 aromatic rings. The average molecular weight is 654 g/mol. The molecular weight excluding hydrogens is 619 g/mol. The first-order valence-corrected chi connectivity index (χ1v) is 16.2. The van der Waals surface area contributed by atoms with Crippen molar-refractivity contribution >= 4 is 50.9 Å². The summed E-state index contributed by atoms with van der Waals surface area (Å²) in [6, 6.07) is 19.4. The van der Waals surface area contributed by atoms with Crippen molar-refractivity contribution in [3.63, 3.8) is 0 Å². The van der Waals surface area contributed by atoms with Crippen LogP contribution in [-0.4, -0.2) is 89.7 Å². The summed E-state index contributed by atoms with van der Waals surface area (Å²) < 4.78 is 49.8. The summed E-state index contributed by atoms with van der Waals surface area (Å²) in [5.41, 5.74) is 6.24. The molecule has 0 saturated carbocycles. The van der Waals surface area contributed by atoms with E-state index in [9.17, 15) is 13.2 Å². The van der Waals surface area contributed by atoms with Crippen molar-refractivity contribution in [3.8, 4) is 5.75 Å². The van der Waals surface area contributed by atoms with Gasteiger partial charge in [-0.3, -0.25) is 5.43 Å². The lowest BCUT2D eigenvalue weighted by Crippen LogP contribution is -2.40. The molecule has 12 nitrogen and oxygen atoms in total. The number of carbonyl (C=O) groups is 1. The highest BCUT2D eigenvalue weighted by molar-refractivity contribution is 7.89. The Morgan fingerprint density at radius 1 is 0.978 bits per heavy atom. The van der Waals surface area contributed by atoms with Gasteiger partial charge in [0.25, 0.3) is 0 Å². The quantitative estimate of drug-likeness (QED) is 0.145. The molecule has 5 rings (SSSR count). The van der Waals surface area contributed by atoms with E-state index in [2.05, 4.69) is 20.7 Å². The van der Waals surface area contributed by atoms with Gasteiger partial charge in [0.15, 0.2) is 5.11 Å². The second kappa shape index (κ2) is 15.3. The minimum atomic E-state index is -3.72. The molecule has 2 N–H and O–H groups in total. The van der Waals surface area contributed by atoms with Crippen LogP contribution in [0.3, 0.4) is 0 Å². The van der Waals surface area contributed by atoms with Crippen molar-refractivity contribution in [2.75, 3.05) is 69.9 Å². The Morgan fingerprint density at radius 3 is 2.38 bits per heavy atom. The van der Waals surface area contributed by atoms with Crippen LogP contribution in [0.15, 0.2) is 76.7 Å². The monoisotopic (exact) mass is 653 g/mol. The van der Waals surface area contributed by atoms with E-state index in [1.165, 1.54) is 11.4 Å². The zero-order valence-corrected chi connectivity index (χ0v) is 26.4.